The molecule has 8 atom stereocenters. The molecule has 0 amide bonds. The lowest BCUT2D eigenvalue weighted by Crippen LogP contribution is -2.63. The Kier molecular flexibility index (Phi) is 3.53. The van der Waals surface area contributed by atoms with Crippen molar-refractivity contribution in [3.63, 3.8) is 0 Å². The van der Waals surface area contributed by atoms with Crippen LogP contribution in [0.1, 0.15) is 65.2 Å². The summed E-state index contributed by atoms with van der Waals surface area (Å²) in [6, 6.07) is 0. The van der Waals surface area contributed by atoms with Crippen molar-refractivity contribution in [3.05, 3.63) is 11.6 Å². The van der Waals surface area contributed by atoms with E-state index in [0.29, 0.717) is 19.3 Å². The van der Waals surface area contributed by atoms with E-state index in [0.717, 1.165) is 37.7 Å². The number of carbonyl (C=O) groups is 3. The Morgan fingerprint density at radius 3 is 2.67 bits per heavy atom. The number of fused-ring (bicyclic) bond motifs is 4. The van der Waals surface area contributed by atoms with Gasteiger partial charge in [-0.2, -0.15) is 0 Å². The van der Waals surface area contributed by atoms with Gasteiger partial charge in [-0.25, -0.2) is 0 Å². The molecule has 3 saturated carbocycles. The zero-order valence-corrected chi connectivity index (χ0v) is 18.0. The molecule has 0 aromatic heterocycles. The average molecular weight is 414 g/mol. The van der Waals surface area contributed by atoms with Crippen molar-refractivity contribution in [2.45, 2.75) is 82.5 Å². The smallest absolute Gasteiger partial charge is 0.309 e. The summed E-state index contributed by atoms with van der Waals surface area (Å²) in [5.41, 5.74) is -0.175. The Hall–Kier alpha value is -1.69. The highest BCUT2D eigenvalue weighted by molar-refractivity contribution is 5.92. The number of epoxide rings is 1. The molecule has 2 spiro atoms. The summed E-state index contributed by atoms with van der Waals surface area (Å²) in [5, 5.41) is 0. The number of esters is 2. The minimum absolute atomic E-state index is 0.0303. The third-order valence-electron chi connectivity index (χ3n) is 10.2. The first-order valence-electron chi connectivity index (χ1n) is 11.4. The highest BCUT2D eigenvalue weighted by atomic mass is 16.6. The molecule has 6 nitrogen and oxygen atoms in total. The van der Waals surface area contributed by atoms with Crippen LogP contribution in [0.5, 0.6) is 0 Å². The number of ether oxygens (including phenoxy) is 3. The Balaban J connectivity index is 1.49. The molecule has 0 bridgehead atoms. The van der Waals surface area contributed by atoms with E-state index in [1.165, 1.54) is 7.11 Å². The van der Waals surface area contributed by atoms with Crippen molar-refractivity contribution in [3.8, 4) is 0 Å². The highest BCUT2D eigenvalue weighted by Crippen LogP contribution is 2.78. The summed E-state index contributed by atoms with van der Waals surface area (Å²) in [5.74, 6) is -0.201. The summed E-state index contributed by atoms with van der Waals surface area (Å²) >= 11 is 0. The van der Waals surface area contributed by atoms with E-state index in [1.807, 2.05) is 0 Å². The number of ketones is 1. The maximum atomic E-state index is 13.0. The van der Waals surface area contributed by atoms with Crippen molar-refractivity contribution in [1.82, 2.24) is 0 Å². The van der Waals surface area contributed by atoms with Crippen molar-refractivity contribution >= 4 is 17.7 Å². The Labute approximate surface area is 176 Å². The Bertz CT molecular complexity index is 907. The summed E-state index contributed by atoms with van der Waals surface area (Å²) in [6.45, 7) is 4.51. The van der Waals surface area contributed by atoms with Gasteiger partial charge in [0.2, 0.25) is 0 Å². The summed E-state index contributed by atoms with van der Waals surface area (Å²) < 4.78 is 17.9. The molecule has 6 heteroatoms. The van der Waals surface area contributed by atoms with E-state index >= 15 is 0 Å². The molecule has 30 heavy (non-hydrogen) atoms. The molecule has 0 aromatic rings. The molecule has 0 N–H and O–H groups in total. The molecule has 5 unspecified atom stereocenters. The largest absolute Gasteiger partial charge is 0.469 e. The standard InChI is InChI=1S/C24H30O6/c1-21-7-4-14(25)10-13(21)11-15(20(27)28-3)19-16-5-8-23(9-6-18(26)30-23)22(16,2)12-17-24(19,21)29-17/h10,15-17,19H,4-9,11-12H2,1-3H3/t15?,16?,17?,19?,21-,22-,23?,24+/m0/s1. The first kappa shape index (κ1) is 19.0. The van der Waals surface area contributed by atoms with E-state index in [4.69, 9.17) is 14.2 Å². The number of rotatable bonds is 1. The second-order valence-corrected chi connectivity index (χ2v) is 11.0. The second kappa shape index (κ2) is 5.56. The third-order valence-corrected chi connectivity index (χ3v) is 10.2. The zero-order valence-electron chi connectivity index (χ0n) is 18.0. The molecular weight excluding hydrogens is 384 g/mol. The maximum absolute atomic E-state index is 13.0. The molecule has 6 rings (SSSR count). The fourth-order valence-corrected chi connectivity index (χ4v) is 8.69. The Morgan fingerprint density at radius 1 is 1.17 bits per heavy atom. The van der Waals surface area contributed by atoms with Gasteiger partial charge in [-0.05, 0) is 50.5 Å². The van der Waals surface area contributed by atoms with Crippen LogP contribution in [0.2, 0.25) is 0 Å². The van der Waals surface area contributed by atoms with Gasteiger partial charge in [-0.3, -0.25) is 14.4 Å². The number of carbonyl (C=O) groups excluding carboxylic acids is 3. The fourth-order valence-electron chi connectivity index (χ4n) is 8.69. The second-order valence-electron chi connectivity index (χ2n) is 11.0. The van der Waals surface area contributed by atoms with E-state index < -0.39 is 11.2 Å². The monoisotopic (exact) mass is 414 g/mol. The molecule has 4 aliphatic carbocycles. The van der Waals surface area contributed by atoms with Gasteiger partial charge in [0.25, 0.3) is 0 Å². The van der Waals surface area contributed by atoms with E-state index in [9.17, 15) is 14.4 Å². The van der Waals surface area contributed by atoms with Crippen LogP contribution in [0.3, 0.4) is 0 Å². The van der Waals surface area contributed by atoms with Gasteiger partial charge in [0.15, 0.2) is 5.78 Å². The lowest BCUT2D eigenvalue weighted by Gasteiger charge is -2.58. The van der Waals surface area contributed by atoms with Gasteiger partial charge in [0, 0.05) is 29.6 Å². The summed E-state index contributed by atoms with van der Waals surface area (Å²) in [7, 11) is 1.45. The van der Waals surface area contributed by atoms with Crippen LogP contribution < -0.4 is 0 Å². The van der Waals surface area contributed by atoms with Gasteiger partial charge < -0.3 is 14.2 Å². The maximum Gasteiger partial charge on any atom is 0.309 e. The van der Waals surface area contributed by atoms with Crippen LogP contribution >= 0.6 is 0 Å². The molecule has 2 saturated heterocycles. The first-order chi connectivity index (χ1) is 14.2. The predicted octanol–water partition coefficient (Wildman–Crippen LogP) is 3.12. The number of hydrogen-bond donors (Lipinski definition) is 0. The minimum atomic E-state index is -0.424. The molecule has 5 fully saturated rings. The summed E-state index contributed by atoms with van der Waals surface area (Å²) in [6.07, 6.45) is 7.61. The van der Waals surface area contributed by atoms with Gasteiger partial charge in [-0.15, -0.1) is 0 Å². The van der Waals surface area contributed by atoms with Crippen LogP contribution in [-0.2, 0) is 28.6 Å². The molecule has 162 valence electrons. The van der Waals surface area contributed by atoms with Gasteiger partial charge in [0.1, 0.15) is 11.2 Å². The first-order valence-corrected chi connectivity index (χ1v) is 11.4. The van der Waals surface area contributed by atoms with Crippen LogP contribution in [0.4, 0.5) is 0 Å². The molecule has 2 aliphatic heterocycles. The predicted molar refractivity (Wildman–Crippen MR) is 105 cm³/mol. The minimum Gasteiger partial charge on any atom is -0.469 e. The van der Waals surface area contributed by atoms with E-state index in [2.05, 4.69) is 13.8 Å². The number of hydrogen-bond acceptors (Lipinski definition) is 6. The summed E-state index contributed by atoms with van der Waals surface area (Å²) in [4.78, 5) is 37.4. The molecule has 2 heterocycles. The SMILES string of the molecule is COC(=O)C1CC2=CC(=O)CC[C@]2(C)[C@@]23OC2C[C@@]2(C)C(CCC24CCC(=O)O4)C13. The number of methoxy groups -OCH3 is 1. The third kappa shape index (κ3) is 1.94. The van der Waals surface area contributed by atoms with Gasteiger partial charge in [-0.1, -0.05) is 19.4 Å². The van der Waals surface area contributed by atoms with Crippen LogP contribution in [-0.4, -0.2) is 42.1 Å². The average Bonchev–Trinajstić information content (AvgIpc) is 3.20. The normalized spacial score (nSPS) is 53.2. The quantitative estimate of drug-likeness (QED) is 0.484. The van der Waals surface area contributed by atoms with Crippen LogP contribution in [0.25, 0.3) is 0 Å². The van der Waals surface area contributed by atoms with E-state index in [-0.39, 0.29) is 52.4 Å². The molecule has 6 aliphatic rings. The lowest BCUT2D eigenvalue weighted by atomic mass is 9.43. The Morgan fingerprint density at radius 2 is 1.97 bits per heavy atom. The van der Waals surface area contributed by atoms with Gasteiger partial charge >= 0.3 is 11.9 Å². The van der Waals surface area contributed by atoms with Crippen molar-refractivity contribution in [2.75, 3.05) is 7.11 Å². The zero-order chi connectivity index (χ0) is 21.1. The van der Waals surface area contributed by atoms with Crippen molar-refractivity contribution in [2.24, 2.45) is 28.6 Å². The van der Waals surface area contributed by atoms with Crippen LogP contribution in [0.15, 0.2) is 11.6 Å². The van der Waals surface area contributed by atoms with Gasteiger partial charge in [0.05, 0.1) is 19.1 Å². The van der Waals surface area contributed by atoms with Crippen LogP contribution in [0, 0.1) is 28.6 Å². The van der Waals surface area contributed by atoms with Crippen molar-refractivity contribution < 1.29 is 28.6 Å². The van der Waals surface area contributed by atoms with E-state index in [1.54, 1.807) is 6.08 Å². The molecular formula is C24H30O6. The topological polar surface area (TPSA) is 82.2 Å². The highest BCUT2D eigenvalue weighted by Gasteiger charge is 2.83. The molecule has 0 aromatic carbocycles. The lowest BCUT2D eigenvalue weighted by molar-refractivity contribution is -0.172. The van der Waals surface area contributed by atoms with Crippen molar-refractivity contribution in [1.29, 1.82) is 0 Å². The molecule has 0 radical (unpaired) electrons. The fraction of sp³-hybridized carbons (Fsp3) is 0.792.